The number of carbonyl (C=O) groups is 1. The Morgan fingerprint density at radius 2 is 1.96 bits per heavy atom. The average molecular weight is 408 g/mol. The van der Waals surface area contributed by atoms with Gasteiger partial charge in [0.15, 0.2) is 0 Å². The standard InChI is InChI=1S/C19H21FN2O5S/c1-26-18-9-8-16(28(24,25)22-15-3-2-10-27-12-15)11-17(18)19(23)21-14-6-4-13(20)5-7-14/h4-9,11,15,22H,2-3,10,12H2,1H3,(H,21,23)/t15-/m0/s1. The minimum atomic E-state index is -3.83. The van der Waals surface area contributed by atoms with Crippen molar-refractivity contribution in [1.82, 2.24) is 4.72 Å². The van der Waals surface area contributed by atoms with E-state index in [4.69, 9.17) is 9.47 Å². The second-order valence-corrected chi connectivity index (χ2v) is 8.07. The molecule has 28 heavy (non-hydrogen) atoms. The largest absolute Gasteiger partial charge is 0.496 e. The van der Waals surface area contributed by atoms with Crippen molar-refractivity contribution < 1.29 is 27.1 Å². The van der Waals surface area contributed by atoms with Crippen LogP contribution in [0.25, 0.3) is 0 Å². The Bertz CT molecular complexity index is 941. The summed E-state index contributed by atoms with van der Waals surface area (Å²) in [6.07, 6.45) is 1.47. The van der Waals surface area contributed by atoms with Crippen LogP contribution in [0.2, 0.25) is 0 Å². The molecule has 0 bridgehead atoms. The second kappa shape index (κ2) is 8.68. The lowest BCUT2D eigenvalue weighted by Gasteiger charge is -2.23. The summed E-state index contributed by atoms with van der Waals surface area (Å²) in [7, 11) is -2.45. The number of methoxy groups -OCH3 is 1. The molecule has 2 N–H and O–H groups in total. The highest BCUT2D eigenvalue weighted by atomic mass is 32.2. The van der Waals surface area contributed by atoms with Crippen molar-refractivity contribution in [1.29, 1.82) is 0 Å². The Morgan fingerprint density at radius 3 is 2.61 bits per heavy atom. The van der Waals surface area contributed by atoms with Crippen LogP contribution in [0.5, 0.6) is 5.75 Å². The van der Waals surface area contributed by atoms with Crippen LogP contribution >= 0.6 is 0 Å². The molecule has 1 atom stereocenters. The Kier molecular flexibility index (Phi) is 6.28. The van der Waals surface area contributed by atoms with Gasteiger partial charge in [-0.1, -0.05) is 0 Å². The molecular formula is C19H21FN2O5S. The number of hydrogen-bond acceptors (Lipinski definition) is 5. The van der Waals surface area contributed by atoms with Crippen LogP contribution in [0.4, 0.5) is 10.1 Å². The fourth-order valence-electron chi connectivity index (χ4n) is 2.88. The van der Waals surface area contributed by atoms with Crippen molar-refractivity contribution >= 4 is 21.6 Å². The van der Waals surface area contributed by atoms with Crippen molar-refractivity contribution in [3.05, 3.63) is 53.8 Å². The highest BCUT2D eigenvalue weighted by molar-refractivity contribution is 7.89. The van der Waals surface area contributed by atoms with Crippen LogP contribution in [-0.2, 0) is 14.8 Å². The number of ether oxygens (including phenoxy) is 2. The third-order valence-corrected chi connectivity index (χ3v) is 5.83. The zero-order chi connectivity index (χ0) is 20.1. The monoisotopic (exact) mass is 408 g/mol. The van der Waals surface area contributed by atoms with Gasteiger partial charge >= 0.3 is 0 Å². The van der Waals surface area contributed by atoms with Gasteiger partial charge < -0.3 is 14.8 Å². The lowest BCUT2D eigenvalue weighted by Crippen LogP contribution is -2.40. The molecule has 2 aromatic carbocycles. The molecule has 0 unspecified atom stereocenters. The molecule has 1 heterocycles. The topological polar surface area (TPSA) is 93.7 Å². The molecule has 1 aliphatic rings. The maximum absolute atomic E-state index is 13.0. The van der Waals surface area contributed by atoms with E-state index >= 15 is 0 Å². The number of amides is 1. The molecule has 1 saturated heterocycles. The number of sulfonamides is 1. The second-order valence-electron chi connectivity index (χ2n) is 6.36. The Morgan fingerprint density at radius 1 is 1.21 bits per heavy atom. The van der Waals surface area contributed by atoms with Gasteiger partial charge in [-0.3, -0.25) is 4.79 Å². The van der Waals surface area contributed by atoms with E-state index in [1.807, 2.05) is 0 Å². The van der Waals surface area contributed by atoms with Crippen LogP contribution in [0, 0.1) is 5.82 Å². The molecule has 0 spiro atoms. The maximum atomic E-state index is 13.0. The zero-order valence-corrected chi connectivity index (χ0v) is 16.1. The number of carbonyl (C=O) groups excluding carboxylic acids is 1. The smallest absolute Gasteiger partial charge is 0.259 e. The predicted molar refractivity (Wildman–Crippen MR) is 102 cm³/mol. The molecule has 7 nitrogen and oxygen atoms in total. The van der Waals surface area contributed by atoms with E-state index in [9.17, 15) is 17.6 Å². The molecule has 0 aliphatic carbocycles. The van der Waals surface area contributed by atoms with Crippen molar-refractivity contribution in [2.24, 2.45) is 0 Å². The molecule has 0 radical (unpaired) electrons. The third kappa shape index (κ3) is 4.86. The van der Waals surface area contributed by atoms with Gasteiger partial charge in [-0.2, -0.15) is 0 Å². The van der Waals surface area contributed by atoms with Crippen molar-refractivity contribution in [2.45, 2.75) is 23.8 Å². The van der Waals surface area contributed by atoms with Crippen LogP contribution < -0.4 is 14.8 Å². The molecule has 1 amide bonds. The number of anilines is 1. The van der Waals surface area contributed by atoms with Crippen LogP contribution in [0.15, 0.2) is 47.4 Å². The van der Waals surface area contributed by atoms with Crippen LogP contribution in [0.1, 0.15) is 23.2 Å². The minimum Gasteiger partial charge on any atom is -0.496 e. The van der Waals surface area contributed by atoms with Gasteiger partial charge in [0.2, 0.25) is 10.0 Å². The van der Waals surface area contributed by atoms with Crippen molar-refractivity contribution in [3.63, 3.8) is 0 Å². The number of rotatable bonds is 6. The van der Waals surface area contributed by atoms with Crippen LogP contribution in [0.3, 0.4) is 0 Å². The molecule has 2 aromatic rings. The van der Waals surface area contributed by atoms with Gasteiger partial charge in [-0.05, 0) is 55.3 Å². The van der Waals surface area contributed by atoms with Gasteiger partial charge in [-0.25, -0.2) is 17.5 Å². The first-order valence-corrected chi connectivity index (χ1v) is 10.2. The van der Waals surface area contributed by atoms with Gasteiger partial charge in [0.1, 0.15) is 11.6 Å². The molecular weight excluding hydrogens is 387 g/mol. The molecule has 3 rings (SSSR count). The van der Waals surface area contributed by atoms with Crippen molar-refractivity contribution in [2.75, 3.05) is 25.6 Å². The van der Waals surface area contributed by atoms with Gasteiger partial charge in [0, 0.05) is 18.3 Å². The molecule has 1 aliphatic heterocycles. The SMILES string of the molecule is COc1ccc(S(=O)(=O)N[C@H]2CCCOC2)cc1C(=O)Nc1ccc(F)cc1. The fraction of sp³-hybridized carbons (Fsp3) is 0.316. The van der Waals surface area contributed by atoms with E-state index in [-0.39, 0.29) is 22.3 Å². The number of benzene rings is 2. The summed E-state index contributed by atoms with van der Waals surface area (Å²) in [6, 6.07) is 8.98. The Labute approximate surface area is 162 Å². The highest BCUT2D eigenvalue weighted by Crippen LogP contribution is 2.24. The molecule has 150 valence electrons. The van der Waals surface area contributed by atoms with E-state index in [0.29, 0.717) is 25.3 Å². The summed E-state index contributed by atoms with van der Waals surface area (Å²) in [5.74, 6) is -0.775. The van der Waals surface area contributed by atoms with Gasteiger partial charge in [0.25, 0.3) is 5.91 Å². The summed E-state index contributed by atoms with van der Waals surface area (Å²) in [6.45, 7) is 0.932. The maximum Gasteiger partial charge on any atom is 0.259 e. The number of hydrogen-bond donors (Lipinski definition) is 2. The third-order valence-electron chi connectivity index (χ3n) is 4.31. The normalized spacial score (nSPS) is 17.1. The number of halogens is 1. The quantitative estimate of drug-likeness (QED) is 0.766. The minimum absolute atomic E-state index is 0.0506. The van der Waals surface area contributed by atoms with E-state index in [1.54, 1.807) is 0 Å². The van der Waals surface area contributed by atoms with Gasteiger partial charge in [0.05, 0.1) is 24.2 Å². The summed E-state index contributed by atoms with van der Waals surface area (Å²) in [5.41, 5.74) is 0.425. The first-order chi connectivity index (χ1) is 13.4. The first kappa shape index (κ1) is 20.2. The fourth-order valence-corrected chi connectivity index (χ4v) is 4.17. The molecule has 9 heteroatoms. The van der Waals surface area contributed by atoms with Crippen LogP contribution in [-0.4, -0.2) is 40.7 Å². The Hall–Kier alpha value is -2.49. The summed E-state index contributed by atoms with van der Waals surface area (Å²) in [4.78, 5) is 12.6. The molecule has 0 aromatic heterocycles. The Balaban J connectivity index is 1.84. The summed E-state index contributed by atoms with van der Waals surface area (Å²) in [5, 5.41) is 2.60. The molecule has 1 fully saturated rings. The summed E-state index contributed by atoms with van der Waals surface area (Å²) >= 11 is 0. The van der Waals surface area contributed by atoms with E-state index < -0.39 is 21.7 Å². The molecule has 0 saturated carbocycles. The first-order valence-electron chi connectivity index (χ1n) is 8.74. The predicted octanol–water partition coefficient (Wildman–Crippen LogP) is 2.54. The van der Waals surface area contributed by atoms with E-state index in [1.165, 1.54) is 49.6 Å². The zero-order valence-electron chi connectivity index (χ0n) is 15.3. The van der Waals surface area contributed by atoms with Gasteiger partial charge in [-0.15, -0.1) is 0 Å². The highest BCUT2D eigenvalue weighted by Gasteiger charge is 2.24. The summed E-state index contributed by atoms with van der Waals surface area (Å²) < 4.78 is 51.5. The van der Waals surface area contributed by atoms with Crippen molar-refractivity contribution in [3.8, 4) is 5.75 Å². The lowest BCUT2D eigenvalue weighted by atomic mass is 10.1. The van der Waals surface area contributed by atoms with E-state index in [0.717, 1.165) is 6.42 Å². The number of nitrogens with one attached hydrogen (secondary N) is 2. The van der Waals surface area contributed by atoms with E-state index in [2.05, 4.69) is 10.0 Å². The average Bonchev–Trinajstić information content (AvgIpc) is 2.69. The lowest BCUT2D eigenvalue weighted by molar-refractivity contribution is 0.0774.